The molecule has 3 aliphatic rings. The van der Waals surface area contributed by atoms with E-state index in [1.165, 1.54) is 12.8 Å². The van der Waals surface area contributed by atoms with Gasteiger partial charge in [-0.25, -0.2) is 0 Å². The van der Waals surface area contributed by atoms with Gasteiger partial charge < -0.3 is 4.90 Å². The first kappa shape index (κ1) is 13.0. The summed E-state index contributed by atoms with van der Waals surface area (Å²) in [4.78, 5) is 15.8. The molecular formula is C15H24BrNO. The molecule has 0 aromatic rings. The Balaban J connectivity index is 1.80. The molecule has 18 heavy (non-hydrogen) atoms. The van der Waals surface area contributed by atoms with Crippen molar-refractivity contribution in [3.8, 4) is 0 Å². The molecule has 2 nitrogen and oxygen atoms in total. The number of fused-ring (bicyclic) bond motifs is 2. The number of carbonyl (C=O) groups excluding carboxylic acids is 1. The molecule has 2 saturated heterocycles. The topological polar surface area (TPSA) is 20.3 Å². The Morgan fingerprint density at radius 3 is 1.89 bits per heavy atom. The van der Waals surface area contributed by atoms with Gasteiger partial charge in [-0.2, -0.15) is 0 Å². The molecule has 2 atom stereocenters. The first-order chi connectivity index (χ1) is 8.26. The molecule has 1 amide bonds. The summed E-state index contributed by atoms with van der Waals surface area (Å²) >= 11 is 3.75. The van der Waals surface area contributed by atoms with Crippen molar-refractivity contribution in [1.82, 2.24) is 4.90 Å². The normalized spacial score (nSPS) is 40.9. The summed E-state index contributed by atoms with van der Waals surface area (Å²) < 4.78 is 0. The van der Waals surface area contributed by atoms with Crippen LogP contribution in [-0.2, 0) is 4.79 Å². The summed E-state index contributed by atoms with van der Waals surface area (Å²) in [6.45, 7) is 8.98. The van der Waals surface area contributed by atoms with Crippen LogP contribution in [-0.4, -0.2) is 27.7 Å². The van der Waals surface area contributed by atoms with E-state index in [0.29, 0.717) is 22.8 Å². The van der Waals surface area contributed by atoms with Crippen LogP contribution in [0, 0.1) is 16.7 Å². The summed E-state index contributed by atoms with van der Waals surface area (Å²) in [5.74, 6) is 0.678. The van der Waals surface area contributed by atoms with Crippen LogP contribution in [0.2, 0.25) is 0 Å². The van der Waals surface area contributed by atoms with Crippen molar-refractivity contribution in [3.05, 3.63) is 0 Å². The van der Waals surface area contributed by atoms with Gasteiger partial charge in [0.2, 0.25) is 5.91 Å². The molecule has 3 rings (SSSR count). The third-order valence-corrected chi connectivity index (χ3v) is 6.95. The molecule has 0 aromatic carbocycles. The van der Waals surface area contributed by atoms with Gasteiger partial charge in [-0.15, -0.1) is 0 Å². The van der Waals surface area contributed by atoms with Gasteiger partial charge in [-0.05, 0) is 36.5 Å². The van der Waals surface area contributed by atoms with Crippen molar-refractivity contribution in [2.45, 2.75) is 70.3 Å². The highest BCUT2D eigenvalue weighted by atomic mass is 79.9. The molecule has 0 radical (unpaired) electrons. The van der Waals surface area contributed by atoms with Crippen LogP contribution in [0.25, 0.3) is 0 Å². The highest BCUT2D eigenvalue weighted by Crippen LogP contribution is 2.69. The zero-order valence-corrected chi connectivity index (χ0v) is 13.5. The minimum absolute atomic E-state index is 0.175. The number of halogens is 1. The second-order valence-corrected chi connectivity index (χ2v) is 8.87. The van der Waals surface area contributed by atoms with E-state index in [0.717, 1.165) is 12.8 Å². The van der Waals surface area contributed by atoms with Crippen LogP contribution < -0.4 is 0 Å². The van der Waals surface area contributed by atoms with Crippen molar-refractivity contribution < 1.29 is 4.79 Å². The van der Waals surface area contributed by atoms with Gasteiger partial charge in [0.25, 0.3) is 0 Å². The van der Waals surface area contributed by atoms with E-state index in [9.17, 15) is 4.79 Å². The Bertz CT molecular complexity index is 362. The quantitative estimate of drug-likeness (QED) is 0.677. The molecule has 0 N–H and O–H groups in total. The molecular weight excluding hydrogens is 290 g/mol. The standard InChI is InChI=1S/C15H24BrNO/c1-14(2)12(15(14,3)4)13(18)17-10-5-6-11(17)8-9(16)7-10/h9-12H,5-8H2,1-4H3. The second-order valence-electron chi connectivity index (χ2n) is 7.58. The van der Waals surface area contributed by atoms with Crippen molar-refractivity contribution >= 4 is 21.8 Å². The van der Waals surface area contributed by atoms with E-state index in [1.54, 1.807) is 0 Å². The largest absolute Gasteiger partial charge is 0.336 e. The minimum atomic E-state index is 0.175. The predicted octanol–water partition coefficient (Wildman–Crippen LogP) is 3.59. The van der Waals surface area contributed by atoms with Crippen LogP contribution in [0.4, 0.5) is 0 Å². The Hall–Kier alpha value is -0.0500. The highest BCUT2D eigenvalue weighted by molar-refractivity contribution is 9.09. The average molecular weight is 314 g/mol. The fourth-order valence-corrected chi connectivity index (χ4v) is 5.30. The van der Waals surface area contributed by atoms with E-state index in [-0.39, 0.29) is 16.7 Å². The molecule has 2 unspecified atom stereocenters. The third kappa shape index (κ3) is 1.55. The van der Waals surface area contributed by atoms with Crippen molar-refractivity contribution in [2.24, 2.45) is 16.7 Å². The molecule has 3 heteroatoms. The molecule has 2 heterocycles. The van der Waals surface area contributed by atoms with Crippen molar-refractivity contribution in [1.29, 1.82) is 0 Å². The Kier molecular flexibility index (Phi) is 2.69. The van der Waals surface area contributed by atoms with E-state index in [4.69, 9.17) is 0 Å². The highest BCUT2D eigenvalue weighted by Gasteiger charge is 2.69. The average Bonchev–Trinajstić information content (AvgIpc) is 2.50. The SMILES string of the molecule is CC1(C)C(C(=O)N2C3CCC2CC(Br)C3)C1(C)C. The zero-order valence-electron chi connectivity index (χ0n) is 11.9. The third-order valence-electron chi connectivity index (χ3n) is 6.20. The Morgan fingerprint density at radius 2 is 1.50 bits per heavy atom. The predicted molar refractivity (Wildman–Crippen MR) is 76.7 cm³/mol. The number of hydrogen-bond acceptors (Lipinski definition) is 1. The fourth-order valence-electron chi connectivity index (χ4n) is 4.43. The van der Waals surface area contributed by atoms with E-state index < -0.39 is 0 Å². The van der Waals surface area contributed by atoms with Crippen LogP contribution >= 0.6 is 15.9 Å². The lowest BCUT2D eigenvalue weighted by molar-refractivity contribution is -0.138. The van der Waals surface area contributed by atoms with Gasteiger partial charge in [-0.3, -0.25) is 4.79 Å². The summed E-state index contributed by atoms with van der Waals surface area (Å²) in [7, 11) is 0. The molecule has 0 aromatic heterocycles. The van der Waals surface area contributed by atoms with Gasteiger partial charge in [0, 0.05) is 22.8 Å². The lowest BCUT2D eigenvalue weighted by Gasteiger charge is -2.38. The van der Waals surface area contributed by atoms with Gasteiger partial charge in [0.05, 0.1) is 0 Å². The lowest BCUT2D eigenvalue weighted by atomic mass is 10.0. The lowest BCUT2D eigenvalue weighted by Crippen LogP contribution is -2.48. The van der Waals surface area contributed by atoms with E-state index >= 15 is 0 Å². The minimum Gasteiger partial charge on any atom is -0.336 e. The van der Waals surface area contributed by atoms with Crippen LogP contribution in [0.3, 0.4) is 0 Å². The van der Waals surface area contributed by atoms with Crippen molar-refractivity contribution in [3.63, 3.8) is 0 Å². The first-order valence-electron chi connectivity index (χ1n) is 7.23. The zero-order chi connectivity index (χ0) is 13.3. The van der Waals surface area contributed by atoms with Crippen LogP contribution in [0.15, 0.2) is 0 Å². The molecule has 1 aliphatic carbocycles. The van der Waals surface area contributed by atoms with E-state index in [1.807, 2.05) is 0 Å². The number of alkyl halides is 1. The summed E-state index contributed by atoms with van der Waals surface area (Å²) in [5, 5.41) is 0. The first-order valence-corrected chi connectivity index (χ1v) is 8.14. The number of amides is 1. The molecule has 0 spiro atoms. The van der Waals surface area contributed by atoms with Gasteiger partial charge >= 0.3 is 0 Å². The van der Waals surface area contributed by atoms with Gasteiger partial charge in [0.15, 0.2) is 0 Å². The molecule has 102 valence electrons. The smallest absolute Gasteiger partial charge is 0.227 e. The summed E-state index contributed by atoms with van der Waals surface area (Å²) in [6, 6.07) is 1.01. The van der Waals surface area contributed by atoms with Gasteiger partial charge in [-0.1, -0.05) is 43.6 Å². The van der Waals surface area contributed by atoms with Crippen LogP contribution in [0.5, 0.6) is 0 Å². The molecule has 3 fully saturated rings. The maximum Gasteiger partial charge on any atom is 0.227 e. The second kappa shape index (κ2) is 3.74. The fraction of sp³-hybridized carbons (Fsp3) is 0.933. The number of rotatable bonds is 1. The Morgan fingerprint density at radius 1 is 1.06 bits per heavy atom. The van der Waals surface area contributed by atoms with Crippen molar-refractivity contribution in [2.75, 3.05) is 0 Å². The number of hydrogen-bond donors (Lipinski definition) is 0. The molecule has 2 aliphatic heterocycles. The Labute approximate surface area is 119 Å². The maximum absolute atomic E-state index is 12.9. The summed E-state index contributed by atoms with van der Waals surface area (Å²) in [6.07, 6.45) is 4.73. The maximum atomic E-state index is 12.9. The number of nitrogens with zero attached hydrogens (tertiary/aromatic N) is 1. The molecule has 1 saturated carbocycles. The monoisotopic (exact) mass is 313 g/mol. The number of carbonyl (C=O) groups is 1. The van der Waals surface area contributed by atoms with Crippen LogP contribution in [0.1, 0.15) is 53.4 Å². The summed E-state index contributed by atoms with van der Waals surface area (Å²) in [5.41, 5.74) is 0.351. The van der Waals surface area contributed by atoms with E-state index in [2.05, 4.69) is 48.5 Å². The van der Waals surface area contributed by atoms with Gasteiger partial charge in [0.1, 0.15) is 0 Å². The number of piperidine rings is 1. The molecule has 2 bridgehead atoms.